The number of halogens is 1. The van der Waals surface area contributed by atoms with Gasteiger partial charge in [-0.3, -0.25) is 4.68 Å². The number of rotatable bonds is 6. The van der Waals surface area contributed by atoms with Crippen molar-refractivity contribution >= 4 is 63.5 Å². The van der Waals surface area contributed by atoms with E-state index in [1.807, 2.05) is 43.7 Å². The van der Waals surface area contributed by atoms with E-state index in [-0.39, 0.29) is 5.24 Å². The van der Waals surface area contributed by atoms with Crippen LogP contribution in [0.3, 0.4) is 0 Å². The lowest BCUT2D eigenvalue weighted by Gasteiger charge is -2.37. The molecular weight excluding hydrogens is 486 g/mol. The number of anilines is 3. The summed E-state index contributed by atoms with van der Waals surface area (Å²) in [6, 6.07) is 5.90. The first-order valence-corrected chi connectivity index (χ1v) is 12.9. The minimum atomic E-state index is -0.629. The Morgan fingerprint density at radius 3 is 2.41 bits per heavy atom. The minimum Gasteiger partial charge on any atom is -0.390 e. The van der Waals surface area contributed by atoms with Crippen LogP contribution in [0.2, 0.25) is 5.02 Å². The van der Waals surface area contributed by atoms with Crippen molar-refractivity contribution in [1.29, 1.82) is 0 Å². The normalized spacial score (nSPS) is 16.3. The maximum atomic E-state index is 10.3. The SMILES string of the molecule is BC(B)(B)n1nc(C(C)(C)n2nccn2)cc1Nc1ncc2cc(Cl)c(N3CCC(C)(O)CC3)cc2n1. The highest BCUT2D eigenvalue weighted by molar-refractivity contribution is 6.56. The predicted molar refractivity (Wildman–Crippen MR) is 154 cm³/mol. The second-order valence-corrected chi connectivity index (χ2v) is 11.9. The molecule has 0 unspecified atom stereocenters. The third kappa shape index (κ3) is 5.07. The molecule has 1 aromatic carbocycles. The Hall–Kier alpha value is -3.05. The molecule has 1 aliphatic rings. The van der Waals surface area contributed by atoms with E-state index in [0.29, 0.717) is 23.8 Å². The molecule has 1 saturated heterocycles. The number of aromatic nitrogens is 7. The van der Waals surface area contributed by atoms with Crippen molar-refractivity contribution in [3.63, 3.8) is 0 Å². The summed E-state index contributed by atoms with van der Waals surface area (Å²) in [5, 5.41) is 28.5. The number of piperidine rings is 1. The fourth-order valence-electron chi connectivity index (χ4n) is 4.57. The van der Waals surface area contributed by atoms with Gasteiger partial charge in [0, 0.05) is 30.7 Å². The minimum absolute atomic E-state index is 0.290. The van der Waals surface area contributed by atoms with Crippen LogP contribution < -0.4 is 10.2 Å². The van der Waals surface area contributed by atoms with E-state index < -0.39 is 11.1 Å². The molecule has 5 rings (SSSR count). The molecule has 0 amide bonds. The molecule has 4 heterocycles. The number of hydrogen-bond donors (Lipinski definition) is 2. The number of nitrogens with zero attached hydrogens (tertiary/aromatic N) is 8. The average Bonchev–Trinajstić information content (AvgIpc) is 3.50. The Labute approximate surface area is 224 Å². The molecule has 190 valence electrons. The molecule has 0 saturated carbocycles. The fraction of sp³-hybridized carbons (Fsp3) is 0.435. The Bertz CT molecular complexity index is 1420. The lowest BCUT2D eigenvalue weighted by molar-refractivity contribution is 0.0351. The van der Waals surface area contributed by atoms with E-state index in [4.69, 9.17) is 21.7 Å². The summed E-state index contributed by atoms with van der Waals surface area (Å²) in [4.78, 5) is 13.2. The van der Waals surface area contributed by atoms with Crippen LogP contribution in [0, 0.1) is 0 Å². The van der Waals surface area contributed by atoms with Gasteiger partial charge in [0.05, 0.1) is 39.9 Å². The summed E-state index contributed by atoms with van der Waals surface area (Å²) in [6.07, 6.45) is 6.50. The quantitative estimate of drug-likeness (QED) is 0.354. The van der Waals surface area contributed by atoms with Crippen molar-refractivity contribution in [2.45, 2.75) is 50.0 Å². The van der Waals surface area contributed by atoms with Crippen molar-refractivity contribution in [3.05, 3.63) is 47.5 Å². The maximum Gasteiger partial charge on any atom is 0.228 e. The molecule has 1 fully saturated rings. The van der Waals surface area contributed by atoms with E-state index in [2.05, 4.69) is 48.9 Å². The van der Waals surface area contributed by atoms with Crippen LogP contribution in [0.5, 0.6) is 0 Å². The summed E-state index contributed by atoms with van der Waals surface area (Å²) in [5.74, 6) is 1.24. The molecule has 3 aromatic heterocycles. The lowest BCUT2D eigenvalue weighted by atomic mass is 9.49. The Balaban J connectivity index is 1.48. The third-order valence-electron chi connectivity index (χ3n) is 6.96. The zero-order valence-corrected chi connectivity index (χ0v) is 23.0. The molecule has 1 aliphatic heterocycles. The largest absolute Gasteiger partial charge is 0.390 e. The summed E-state index contributed by atoms with van der Waals surface area (Å²) in [5.41, 5.74) is 1.35. The molecule has 4 aromatic rings. The van der Waals surface area contributed by atoms with E-state index in [1.54, 1.807) is 23.4 Å². The van der Waals surface area contributed by atoms with Crippen LogP contribution >= 0.6 is 11.6 Å². The monoisotopic (exact) mass is 517 g/mol. The van der Waals surface area contributed by atoms with Crippen molar-refractivity contribution in [3.8, 4) is 0 Å². The van der Waals surface area contributed by atoms with Gasteiger partial charge < -0.3 is 15.3 Å². The molecule has 14 heteroatoms. The van der Waals surface area contributed by atoms with Gasteiger partial charge in [-0.15, -0.1) is 0 Å². The summed E-state index contributed by atoms with van der Waals surface area (Å²) < 4.78 is 1.94. The molecular formula is C23H31B3ClN9O. The zero-order chi connectivity index (χ0) is 26.6. The maximum absolute atomic E-state index is 10.3. The van der Waals surface area contributed by atoms with Crippen molar-refractivity contribution in [1.82, 2.24) is 34.7 Å². The highest BCUT2D eigenvalue weighted by atomic mass is 35.5. The number of fused-ring (bicyclic) bond motifs is 1. The van der Waals surface area contributed by atoms with Crippen LogP contribution in [0.15, 0.2) is 36.8 Å². The zero-order valence-electron chi connectivity index (χ0n) is 22.2. The first-order chi connectivity index (χ1) is 17.3. The van der Waals surface area contributed by atoms with Gasteiger partial charge in [-0.25, -0.2) is 9.97 Å². The average molecular weight is 517 g/mol. The molecule has 37 heavy (non-hydrogen) atoms. The van der Waals surface area contributed by atoms with Crippen LogP contribution in [0.25, 0.3) is 10.9 Å². The number of benzene rings is 1. The van der Waals surface area contributed by atoms with Gasteiger partial charge >= 0.3 is 0 Å². The molecule has 10 nitrogen and oxygen atoms in total. The van der Waals surface area contributed by atoms with Gasteiger partial charge in [-0.2, -0.15) is 20.1 Å². The Morgan fingerprint density at radius 2 is 1.76 bits per heavy atom. The fourth-order valence-corrected chi connectivity index (χ4v) is 4.87. The lowest BCUT2D eigenvalue weighted by Crippen LogP contribution is -2.42. The van der Waals surface area contributed by atoms with Gasteiger partial charge in [0.25, 0.3) is 0 Å². The number of nitrogens with one attached hydrogen (secondary N) is 1. The summed E-state index contributed by atoms with van der Waals surface area (Å²) in [7, 11) is 6.29. The third-order valence-corrected chi connectivity index (χ3v) is 7.26. The van der Waals surface area contributed by atoms with E-state index in [0.717, 1.165) is 41.2 Å². The number of hydrogen-bond acceptors (Lipinski definition) is 8. The van der Waals surface area contributed by atoms with E-state index in [1.165, 1.54) is 0 Å². The van der Waals surface area contributed by atoms with Crippen LogP contribution in [-0.4, -0.2) is 82.1 Å². The van der Waals surface area contributed by atoms with E-state index >= 15 is 0 Å². The molecule has 0 atom stereocenters. The van der Waals surface area contributed by atoms with Gasteiger partial charge in [-0.1, -0.05) is 11.6 Å². The van der Waals surface area contributed by atoms with Crippen LogP contribution in [0.4, 0.5) is 17.5 Å². The predicted octanol–water partition coefficient (Wildman–Crippen LogP) is 0.416. The van der Waals surface area contributed by atoms with Crippen LogP contribution in [0.1, 0.15) is 39.3 Å². The Morgan fingerprint density at radius 1 is 1.08 bits per heavy atom. The molecule has 0 bridgehead atoms. The van der Waals surface area contributed by atoms with Crippen molar-refractivity contribution in [2.24, 2.45) is 0 Å². The Kier molecular flexibility index (Phi) is 6.27. The first-order valence-electron chi connectivity index (χ1n) is 12.5. The molecule has 0 radical (unpaired) electrons. The standard InChI is InChI=1S/C23H31B3ClN9O/c1-21(2,36-29-6-7-30-36)18-12-19(35(33-18)23(24,25)26)32-20-28-13-14-10-15(27)17(11-16(14)31-20)34-8-4-22(3,37)5-9-34/h6-7,10-13,37H,4-5,8-9,24-26H2,1-3H3,(H,28,31,32). The highest BCUT2D eigenvalue weighted by Crippen LogP contribution is 2.34. The second kappa shape index (κ2) is 9.06. The van der Waals surface area contributed by atoms with Crippen LogP contribution in [-0.2, 0) is 10.8 Å². The second-order valence-electron chi connectivity index (χ2n) is 11.5. The van der Waals surface area contributed by atoms with E-state index in [9.17, 15) is 5.11 Å². The van der Waals surface area contributed by atoms with Crippen molar-refractivity contribution in [2.75, 3.05) is 23.3 Å². The van der Waals surface area contributed by atoms with Gasteiger partial charge in [0.2, 0.25) is 5.95 Å². The topological polar surface area (TPSA) is 110 Å². The molecule has 0 aliphatic carbocycles. The van der Waals surface area contributed by atoms with Crippen molar-refractivity contribution < 1.29 is 5.11 Å². The smallest absolute Gasteiger partial charge is 0.228 e. The molecule has 0 spiro atoms. The van der Waals surface area contributed by atoms with Gasteiger partial charge in [0.1, 0.15) is 34.9 Å². The number of aliphatic hydroxyl groups is 1. The van der Waals surface area contributed by atoms with Gasteiger partial charge in [-0.05, 0) is 51.0 Å². The summed E-state index contributed by atoms with van der Waals surface area (Å²) >= 11 is 6.64. The summed E-state index contributed by atoms with van der Waals surface area (Å²) in [6.45, 7) is 7.43. The van der Waals surface area contributed by atoms with Gasteiger partial charge in [0.15, 0.2) is 0 Å². The molecule has 2 N–H and O–H groups in total. The highest BCUT2D eigenvalue weighted by Gasteiger charge is 2.32. The first kappa shape index (κ1) is 25.6.